The lowest BCUT2D eigenvalue weighted by atomic mass is 10.1. The molecule has 0 saturated carbocycles. The molecule has 0 fully saturated rings. The maximum Gasteiger partial charge on any atom is 0.256 e. The van der Waals surface area contributed by atoms with E-state index in [1.807, 2.05) is 24.3 Å². The second kappa shape index (κ2) is 8.13. The molecule has 1 aliphatic rings. The first-order valence-electron chi connectivity index (χ1n) is 9.47. The number of hydrogen-bond acceptors (Lipinski definition) is 3. The molecule has 29 heavy (non-hydrogen) atoms. The number of rotatable bonds is 5. The first-order chi connectivity index (χ1) is 14.0. The Bertz CT molecular complexity index is 1090. The maximum absolute atomic E-state index is 12.9. The van der Waals surface area contributed by atoms with E-state index in [4.69, 9.17) is 0 Å². The molecule has 146 valence electrons. The van der Waals surface area contributed by atoms with Crippen LogP contribution in [-0.2, 0) is 11.2 Å². The van der Waals surface area contributed by atoms with Gasteiger partial charge in [0.2, 0.25) is 5.91 Å². The molecule has 4 rings (SSSR count). The minimum Gasteiger partial charge on any atom is -0.348 e. The fraction of sp³-hybridized carbons (Fsp3) is 0.167. The highest BCUT2D eigenvalue weighted by molar-refractivity contribution is 8.00. The van der Waals surface area contributed by atoms with Crippen LogP contribution in [0.15, 0.2) is 71.6 Å². The number of thioether (sulfide) groups is 1. The van der Waals surface area contributed by atoms with E-state index in [0.717, 1.165) is 17.0 Å². The molecule has 4 nitrogen and oxygen atoms in total. The number of amides is 2. The lowest BCUT2D eigenvalue weighted by Gasteiger charge is -2.13. The van der Waals surface area contributed by atoms with E-state index < -0.39 is 0 Å². The third kappa shape index (κ3) is 4.05. The second-order valence-corrected chi connectivity index (χ2v) is 8.25. The van der Waals surface area contributed by atoms with E-state index in [2.05, 4.69) is 41.7 Å². The Kier molecular flexibility index (Phi) is 5.41. The Labute approximate surface area is 174 Å². The number of carbonyl (C=O) groups is 2. The van der Waals surface area contributed by atoms with Crippen molar-refractivity contribution in [2.45, 2.75) is 11.3 Å². The summed E-state index contributed by atoms with van der Waals surface area (Å²) in [5, 5.41) is 3.02. The number of fused-ring (bicyclic) bond motifs is 3. The summed E-state index contributed by atoms with van der Waals surface area (Å²) in [5.74, 6) is 0.151. The van der Waals surface area contributed by atoms with Gasteiger partial charge in [-0.25, -0.2) is 0 Å². The van der Waals surface area contributed by atoms with Crippen molar-refractivity contribution in [3.05, 3.63) is 83.4 Å². The average molecular weight is 403 g/mol. The van der Waals surface area contributed by atoms with Crippen LogP contribution in [0.2, 0.25) is 0 Å². The molecule has 1 aliphatic carbocycles. The van der Waals surface area contributed by atoms with Gasteiger partial charge in [0.25, 0.3) is 5.91 Å². The van der Waals surface area contributed by atoms with Crippen LogP contribution >= 0.6 is 11.8 Å². The molecule has 1 N–H and O–H groups in total. The maximum atomic E-state index is 12.9. The van der Waals surface area contributed by atoms with Crippen LogP contribution in [0.5, 0.6) is 0 Å². The molecule has 2 amide bonds. The molecule has 0 spiro atoms. The largest absolute Gasteiger partial charge is 0.348 e. The van der Waals surface area contributed by atoms with Gasteiger partial charge in [-0.15, -0.1) is 11.8 Å². The molecule has 0 aliphatic heterocycles. The fourth-order valence-electron chi connectivity index (χ4n) is 3.47. The number of nitrogens with zero attached hydrogens (tertiary/aromatic N) is 1. The van der Waals surface area contributed by atoms with Gasteiger partial charge >= 0.3 is 0 Å². The SMILES string of the molecule is CN(C)C(=O)CSc1ccccc1C(=O)Nc1ccc2c(c1)Cc1ccccc1-2. The van der Waals surface area contributed by atoms with Gasteiger partial charge in [-0.05, 0) is 52.9 Å². The minimum absolute atomic E-state index is 0.0170. The summed E-state index contributed by atoms with van der Waals surface area (Å²) >= 11 is 1.38. The van der Waals surface area contributed by atoms with Crippen molar-refractivity contribution in [2.24, 2.45) is 0 Å². The van der Waals surface area contributed by atoms with Gasteiger partial charge < -0.3 is 10.2 Å². The number of nitrogens with one attached hydrogen (secondary N) is 1. The summed E-state index contributed by atoms with van der Waals surface area (Å²) in [4.78, 5) is 27.2. The Morgan fingerprint density at radius 1 is 0.931 bits per heavy atom. The van der Waals surface area contributed by atoms with Crippen LogP contribution in [0.3, 0.4) is 0 Å². The molecular weight excluding hydrogens is 380 g/mol. The monoisotopic (exact) mass is 402 g/mol. The summed E-state index contributed by atoms with van der Waals surface area (Å²) in [6.07, 6.45) is 0.883. The Morgan fingerprint density at radius 2 is 1.66 bits per heavy atom. The van der Waals surface area contributed by atoms with Crippen molar-refractivity contribution in [3.8, 4) is 11.1 Å². The van der Waals surface area contributed by atoms with Gasteiger partial charge in [0.1, 0.15) is 0 Å². The van der Waals surface area contributed by atoms with Crippen molar-refractivity contribution >= 4 is 29.3 Å². The van der Waals surface area contributed by atoms with E-state index in [0.29, 0.717) is 11.3 Å². The Balaban J connectivity index is 1.51. The molecule has 0 saturated heterocycles. The molecular formula is C24H22N2O2S. The average Bonchev–Trinajstić information content (AvgIpc) is 3.09. The zero-order valence-corrected chi connectivity index (χ0v) is 17.3. The molecule has 0 heterocycles. The third-order valence-electron chi connectivity index (χ3n) is 5.03. The first-order valence-corrected chi connectivity index (χ1v) is 10.5. The molecule has 0 bridgehead atoms. The lowest BCUT2D eigenvalue weighted by Crippen LogP contribution is -2.23. The summed E-state index contributed by atoms with van der Waals surface area (Å²) in [6, 6.07) is 21.9. The topological polar surface area (TPSA) is 49.4 Å². The van der Waals surface area contributed by atoms with Crippen LogP contribution in [0, 0.1) is 0 Å². The summed E-state index contributed by atoms with van der Waals surface area (Å²) in [7, 11) is 3.46. The van der Waals surface area contributed by atoms with Crippen LogP contribution in [0.25, 0.3) is 11.1 Å². The van der Waals surface area contributed by atoms with E-state index >= 15 is 0 Å². The van der Waals surface area contributed by atoms with Crippen molar-refractivity contribution < 1.29 is 9.59 Å². The van der Waals surface area contributed by atoms with Crippen LogP contribution in [0.4, 0.5) is 5.69 Å². The zero-order chi connectivity index (χ0) is 20.4. The number of carbonyl (C=O) groups excluding carboxylic acids is 2. The predicted octanol–water partition coefficient (Wildman–Crippen LogP) is 4.69. The number of hydrogen-bond donors (Lipinski definition) is 1. The minimum atomic E-state index is -0.166. The van der Waals surface area contributed by atoms with Crippen molar-refractivity contribution in [1.82, 2.24) is 4.90 Å². The van der Waals surface area contributed by atoms with E-state index in [1.165, 1.54) is 34.0 Å². The summed E-state index contributed by atoms with van der Waals surface area (Å²) in [6.45, 7) is 0. The van der Waals surface area contributed by atoms with Gasteiger partial charge in [0.15, 0.2) is 0 Å². The van der Waals surface area contributed by atoms with E-state index in [-0.39, 0.29) is 11.8 Å². The standard InChI is InChI=1S/C24H22N2O2S/c1-26(2)23(27)15-29-22-10-6-5-9-21(22)24(28)25-18-11-12-20-17(14-18)13-16-7-3-4-8-19(16)20/h3-12,14H,13,15H2,1-2H3,(H,25,28). The van der Waals surface area contributed by atoms with Gasteiger partial charge in [-0.2, -0.15) is 0 Å². The number of anilines is 1. The van der Waals surface area contributed by atoms with E-state index in [9.17, 15) is 9.59 Å². The van der Waals surface area contributed by atoms with Crippen molar-refractivity contribution in [1.29, 1.82) is 0 Å². The molecule has 0 aromatic heterocycles. The molecule has 0 atom stereocenters. The smallest absolute Gasteiger partial charge is 0.256 e. The number of benzene rings is 3. The Hall–Kier alpha value is -3.05. The van der Waals surface area contributed by atoms with Gasteiger partial charge in [0, 0.05) is 24.7 Å². The highest BCUT2D eigenvalue weighted by Gasteiger charge is 2.19. The molecule has 3 aromatic rings. The first kappa shape index (κ1) is 19.3. The van der Waals surface area contributed by atoms with Gasteiger partial charge in [-0.1, -0.05) is 42.5 Å². The van der Waals surface area contributed by atoms with Crippen LogP contribution < -0.4 is 5.32 Å². The second-order valence-electron chi connectivity index (χ2n) is 7.23. The molecule has 0 unspecified atom stereocenters. The lowest BCUT2D eigenvalue weighted by molar-refractivity contribution is -0.125. The van der Waals surface area contributed by atoms with E-state index in [1.54, 1.807) is 25.1 Å². The molecule has 0 radical (unpaired) electrons. The predicted molar refractivity (Wildman–Crippen MR) is 118 cm³/mol. The highest BCUT2D eigenvalue weighted by Crippen LogP contribution is 2.37. The summed E-state index contributed by atoms with van der Waals surface area (Å²) < 4.78 is 0. The van der Waals surface area contributed by atoms with Gasteiger partial charge in [0.05, 0.1) is 11.3 Å². The molecule has 3 aromatic carbocycles. The quantitative estimate of drug-likeness (QED) is 0.493. The Morgan fingerprint density at radius 3 is 2.48 bits per heavy atom. The molecule has 5 heteroatoms. The highest BCUT2D eigenvalue weighted by atomic mass is 32.2. The summed E-state index contributed by atoms with van der Waals surface area (Å²) in [5.41, 5.74) is 6.41. The fourth-order valence-corrected chi connectivity index (χ4v) is 4.50. The van der Waals surface area contributed by atoms with Crippen molar-refractivity contribution in [2.75, 3.05) is 25.2 Å². The van der Waals surface area contributed by atoms with Gasteiger partial charge in [-0.3, -0.25) is 9.59 Å². The van der Waals surface area contributed by atoms with Crippen LogP contribution in [0.1, 0.15) is 21.5 Å². The zero-order valence-electron chi connectivity index (χ0n) is 16.4. The van der Waals surface area contributed by atoms with Crippen molar-refractivity contribution in [3.63, 3.8) is 0 Å². The third-order valence-corrected chi connectivity index (χ3v) is 6.09. The normalized spacial score (nSPS) is 11.5. The van der Waals surface area contributed by atoms with Crippen LogP contribution in [-0.4, -0.2) is 36.6 Å².